The van der Waals surface area contributed by atoms with Gasteiger partial charge >= 0.3 is 0 Å². The second-order valence-electron chi connectivity index (χ2n) is 5.93. The van der Waals surface area contributed by atoms with Crippen LogP contribution in [0.4, 0.5) is 0 Å². The fourth-order valence-electron chi connectivity index (χ4n) is 2.55. The third-order valence-electron chi connectivity index (χ3n) is 3.75. The molecule has 0 amide bonds. The van der Waals surface area contributed by atoms with E-state index in [0.717, 1.165) is 61.2 Å². The number of nitrogens with zero attached hydrogens (tertiary/aromatic N) is 3. The third-order valence-corrected chi connectivity index (χ3v) is 4.34. The zero-order valence-corrected chi connectivity index (χ0v) is 15.1. The van der Waals surface area contributed by atoms with E-state index >= 15 is 0 Å². The molecule has 2 heterocycles. The van der Waals surface area contributed by atoms with E-state index in [9.17, 15) is 8.42 Å². The molecule has 1 unspecified atom stereocenters. The first-order valence-corrected chi connectivity index (χ1v) is 10.1. The van der Waals surface area contributed by atoms with Crippen LogP contribution in [0.1, 0.15) is 37.7 Å². The Morgan fingerprint density at radius 3 is 2.71 bits per heavy atom. The van der Waals surface area contributed by atoms with Crippen LogP contribution in [0.2, 0.25) is 0 Å². The Labute approximate surface area is 144 Å². The average Bonchev–Trinajstić information content (AvgIpc) is 2.90. The first-order valence-electron chi connectivity index (χ1n) is 8.24. The van der Waals surface area contributed by atoms with E-state index in [1.807, 2.05) is 30.4 Å². The summed E-state index contributed by atoms with van der Waals surface area (Å²) in [5.74, 6) is 0. The summed E-state index contributed by atoms with van der Waals surface area (Å²) in [6, 6.07) is 3.97. The molecule has 0 bridgehead atoms. The molecule has 0 aromatic carbocycles. The maximum absolute atomic E-state index is 10.8. The van der Waals surface area contributed by atoms with E-state index in [4.69, 9.17) is 4.18 Å². The van der Waals surface area contributed by atoms with Gasteiger partial charge < -0.3 is 15.6 Å². The Hall–Kier alpha value is -1.48. The predicted molar refractivity (Wildman–Crippen MR) is 93.0 cm³/mol. The maximum atomic E-state index is 10.8. The lowest BCUT2D eigenvalue weighted by atomic mass is 10.1. The van der Waals surface area contributed by atoms with Crippen molar-refractivity contribution in [3.63, 3.8) is 0 Å². The molecule has 0 radical (unpaired) electrons. The van der Waals surface area contributed by atoms with Crippen LogP contribution >= 0.6 is 0 Å². The molecule has 0 spiro atoms. The normalized spacial score (nSPS) is 18.0. The molecule has 7 nitrogen and oxygen atoms in total. The Kier molecular flexibility index (Phi) is 7.16. The van der Waals surface area contributed by atoms with E-state index in [0.29, 0.717) is 0 Å². The standard InChI is InChI=1S/C16H26N4O3S/c1-19-16(15-9-8-10-17-13-15)14-20(18-19)11-6-4-3-5-7-12-23-24(2,21)22/h8-10,13-14,19H,3-7,11-12H2,1-2H3. The van der Waals surface area contributed by atoms with Crippen molar-refractivity contribution < 1.29 is 17.6 Å². The molecule has 1 aliphatic heterocycles. The van der Waals surface area contributed by atoms with Gasteiger partial charge in [0.2, 0.25) is 0 Å². The van der Waals surface area contributed by atoms with Gasteiger partial charge in [0.05, 0.1) is 25.5 Å². The molecule has 24 heavy (non-hydrogen) atoms. The van der Waals surface area contributed by atoms with Crippen LogP contribution in [-0.2, 0) is 14.3 Å². The molecular formula is C16H26N4O3S. The fraction of sp³-hybridized carbons (Fsp3) is 0.562. The zero-order chi connectivity index (χ0) is 17.4. The molecule has 1 aromatic heterocycles. The van der Waals surface area contributed by atoms with Gasteiger partial charge in [-0.25, -0.2) is 0 Å². The summed E-state index contributed by atoms with van der Waals surface area (Å²) in [7, 11) is -1.28. The lowest BCUT2D eigenvalue weighted by Gasteiger charge is -2.30. The number of pyridine rings is 1. The monoisotopic (exact) mass is 354 g/mol. The minimum atomic E-state index is -3.30. The summed E-state index contributed by atoms with van der Waals surface area (Å²) in [4.78, 5) is 4.15. The number of hydrogen-bond acceptors (Lipinski definition) is 5. The van der Waals surface area contributed by atoms with E-state index < -0.39 is 10.1 Å². The smallest absolute Gasteiger partial charge is 0.264 e. The molecule has 0 saturated carbocycles. The average molecular weight is 354 g/mol. The Morgan fingerprint density at radius 1 is 1.25 bits per heavy atom. The number of aromatic nitrogens is 1. The number of quaternary nitrogens is 1. The predicted octanol–water partition coefficient (Wildman–Crippen LogP) is 1.34. The van der Waals surface area contributed by atoms with Gasteiger partial charge in [0.1, 0.15) is 5.70 Å². The van der Waals surface area contributed by atoms with Crippen molar-refractivity contribution in [1.29, 1.82) is 0 Å². The minimum Gasteiger partial charge on any atom is -0.427 e. The molecule has 134 valence electrons. The van der Waals surface area contributed by atoms with Crippen molar-refractivity contribution >= 4 is 15.8 Å². The van der Waals surface area contributed by atoms with Crippen LogP contribution in [0.5, 0.6) is 0 Å². The van der Waals surface area contributed by atoms with Gasteiger partial charge in [-0.1, -0.05) is 19.3 Å². The Balaban J connectivity index is 1.61. The van der Waals surface area contributed by atoms with Crippen molar-refractivity contribution in [2.24, 2.45) is 0 Å². The van der Waals surface area contributed by atoms with E-state index in [1.54, 1.807) is 6.20 Å². The highest BCUT2D eigenvalue weighted by Gasteiger charge is 2.15. The van der Waals surface area contributed by atoms with Crippen LogP contribution in [-0.4, -0.2) is 44.9 Å². The molecule has 8 heteroatoms. The highest BCUT2D eigenvalue weighted by atomic mass is 32.2. The summed E-state index contributed by atoms with van der Waals surface area (Å²) < 4.78 is 26.4. The van der Waals surface area contributed by atoms with Gasteiger partial charge in [-0.3, -0.25) is 9.17 Å². The molecule has 0 fully saturated rings. The van der Waals surface area contributed by atoms with Gasteiger partial charge in [-0.2, -0.15) is 8.42 Å². The first-order chi connectivity index (χ1) is 11.5. The largest absolute Gasteiger partial charge is 0.427 e. The fourth-order valence-corrected chi connectivity index (χ4v) is 2.97. The molecule has 1 N–H and O–H groups in total. The SMILES string of the molecule is C[NH+]1[N-]N(CCCCCCCOS(C)(=O)=O)C=C1c1cccnc1. The second-order valence-corrected chi connectivity index (χ2v) is 7.57. The third kappa shape index (κ3) is 6.56. The van der Waals surface area contributed by atoms with Crippen LogP contribution in [0.15, 0.2) is 30.7 Å². The summed E-state index contributed by atoms with van der Waals surface area (Å²) >= 11 is 0. The number of nitrogens with one attached hydrogen (secondary N) is 1. The van der Waals surface area contributed by atoms with Crippen molar-refractivity contribution in [3.8, 4) is 0 Å². The van der Waals surface area contributed by atoms with Gasteiger partial charge in [0.25, 0.3) is 10.1 Å². The Bertz CT molecular complexity index is 634. The molecule has 1 aromatic rings. The summed E-state index contributed by atoms with van der Waals surface area (Å²) in [5, 5.41) is 3.01. The van der Waals surface area contributed by atoms with E-state index in [1.165, 1.54) is 0 Å². The van der Waals surface area contributed by atoms with Crippen molar-refractivity contribution in [1.82, 2.24) is 9.99 Å². The zero-order valence-electron chi connectivity index (χ0n) is 14.3. The molecule has 2 rings (SSSR count). The number of unbranched alkanes of at least 4 members (excludes halogenated alkanes) is 4. The van der Waals surface area contributed by atoms with Crippen LogP contribution in [0.25, 0.3) is 11.2 Å². The molecule has 0 aliphatic carbocycles. The van der Waals surface area contributed by atoms with Crippen LogP contribution in [0.3, 0.4) is 0 Å². The first kappa shape index (κ1) is 18.9. The summed E-state index contributed by atoms with van der Waals surface area (Å²) in [6.07, 6.45) is 11.8. The molecule has 1 aliphatic rings. The molecular weight excluding hydrogens is 328 g/mol. The molecule has 0 saturated heterocycles. The highest BCUT2D eigenvalue weighted by molar-refractivity contribution is 7.85. The van der Waals surface area contributed by atoms with Gasteiger partial charge in [0.15, 0.2) is 0 Å². The maximum Gasteiger partial charge on any atom is 0.264 e. The van der Waals surface area contributed by atoms with Crippen LogP contribution in [0, 0.1) is 0 Å². The Morgan fingerprint density at radius 2 is 2.00 bits per heavy atom. The second kappa shape index (κ2) is 9.12. The van der Waals surface area contributed by atoms with Gasteiger partial charge in [-0.05, 0) is 25.0 Å². The topological polar surface area (TPSA) is 78.0 Å². The van der Waals surface area contributed by atoms with E-state index in [-0.39, 0.29) is 6.61 Å². The van der Waals surface area contributed by atoms with Crippen LogP contribution < -0.4 is 5.01 Å². The minimum absolute atomic E-state index is 0.283. The lowest BCUT2D eigenvalue weighted by Crippen LogP contribution is -3.00. The van der Waals surface area contributed by atoms with Gasteiger partial charge in [0, 0.05) is 25.1 Å². The van der Waals surface area contributed by atoms with Gasteiger partial charge in [-0.15, -0.1) is 0 Å². The highest BCUT2D eigenvalue weighted by Crippen LogP contribution is 2.15. The lowest BCUT2D eigenvalue weighted by molar-refractivity contribution is -0.763. The summed E-state index contributed by atoms with van der Waals surface area (Å²) in [5.41, 5.74) is 6.78. The van der Waals surface area contributed by atoms with Crippen molar-refractivity contribution in [2.75, 3.05) is 26.5 Å². The summed E-state index contributed by atoms with van der Waals surface area (Å²) in [6.45, 7) is 1.17. The van der Waals surface area contributed by atoms with Crippen molar-refractivity contribution in [2.45, 2.75) is 32.1 Å². The van der Waals surface area contributed by atoms with Crippen molar-refractivity contribution in [3.05, 3.63) is 41.8 Å². The quantitative estimate of drug-likeness (QED) is 0.507. The molecule has 1 atom stereocenters. The van der Waals surface area contributed by atoms with E-state index in [2.05, 4.69) is 16.7 Å². The number of rotatable bonds is 10. The number of hydrogen-bond donors (Lipinski definition) is 1.